The predicted molar refractivity (Wildman–Crippen MR) is 172 cm³/mol. The highest BCUT2D eigenvalue weighted by molar-refractivity contribution is 7.20. The predicted octanol–water partition coefficient (Wildman–Crippen LogP) is 8.81. The molecule has 8 aromatic rings. The van der Waals surface area contributed by atoms with Crippen molar-refractivity contribution in [3.05, 3.63) is 137 Å². The molecule has 43 heavy (non-hydrogen) atoms. The zero-order chi connectivity index (χ0) is 28.4. The normalized spacial score (nSPS) is 16.9. The molecule has 0 radical (unpaired) electrons. The molecule has 0 spiro atoms. The van der Waals surface area contributed by atoms with E-state index in [9.17, 15) is 0 Å². The van der Waals surface area contributed by atoms with Gasteiger partial charge in [0, 0.05) is 6.20 Å². The van der Waals surface area contributed by atoms with Crippen LogP contribution in [0.25, 0.3) is 42.6 Å². The van der Waals surface area contributed by atoms with Crippen LogP contribution in [-0.4, -0.2) is 19.9 Å². The summed E-state index contributed by atoms with van der Waals surface area (Å²) < 4.78 is 15.3. The van der Waals surface area contributed by atoms with Crippen LogP contribution < -0.4 is 4.90 Å². The summed E-state index contributed by atoms with van der Waals surface area (Å²) in [7, 11) is 0. The van der Waals surface area contributed by atoms with Gasteiger partial charge in [-0.05, 0) is 60.7 Å². The van der Waals surface area contributed by atoms with Crippen molar-refractivity contribution >= 4 is 71.3 Å². The molecule has 9 rings (SSSR count). The molecule has 0 N–H and O–H groups in total. The number of rotatable bonds is 5. The van der Waals surface area contributed by atoms with Gasteiger partial charge >= 0.3 is 6.01 Å². The van der Waals surface area contributed by atoms with E-state index in [-0.39, 0.29) is 0 Å². The summed E-state index contributed by atoms with van der Waals surface area (Å²) in [6.45, 7) is 0. The van der Waals surface area contributed by atoms with Crippen LogP contribution in [0.2, 0.25) is 0 Å². The van der Waals surface area contributed by atoms with Gasteiger partial charge in [0.05, 0.1) is 26.4 Å². The lowest BCUT2D eigenvalue weighted by Crippen LogP contribution is -2.48. The minimum absolute atomic E-state index is 0.424. The Morgan fingerprint density at radius 3 is 1.74 bits per heavy atom. The summed E-state index contributed by atoms with van der Waals surface area (Å²) in [6, 6.07) is 32.5. The Morgan fingerprint density at radius 2 is 1.14 bits per heavy atom. The van der Waals surface area contributed by atoms with Crippen molar-refractivity contribution in [2.45, 2.75) is 11.5 Å². The first-order chi connectivity index (χ1) is 21.3. The maximum Gasteiger partial charge on any atom is 0.303 e. The first kappa shape index (κ1) is 24.5. The quantitative estimate of drug-likeness (QED) is 0.197. The number of fused-ring (bicyclic) bond motifs is 4. The van der Waals surface area contributed by atoms with E-state index in [0.717, 1.165) is 41.5 Å². The minimum Gasteiger partial charge on any atom is -0.438 e. The molecule has 4 aromatic heterocycles. The monoisotopic (exact) mass is 595 g/mol. The Balaban J connectivity index is 1.38. The van der Waals surface area contributed by atoms with Crippen molar-refractivity contribution in [3.8, 4) is 0 Å². The Morgan fingerprint density at radius 1 is 0.581 bits per heavy atom. The molecule has 9 heteroatoms. The summed E-state index contributed by atoms with van der Waals surface area (Å²) >= 11 is 3.31. The fourth-order valence-corrected chi connectivity index (χ4v) is 8.17. The van der Waals surface area contributed by atoms with Crippen molar-refractivity contribution < 1.29 is 8.83 Å². The van der Waals surface area contributed by atoms with Crippen molar-refractivity contribution in [2.75, 3.05) is 4.90 Å². The lowest BCUT2D eigenvalue weighted by atomic mass is 9.80. The van der Waals surface area contributed by atoms with Crippen LogP contribution in [0.15, 0.2) is 130 Å². The zero-order valence-electron chi connectivity index (χ0n) is 22.5. The average Bonchev–Trinajstić information content (AvgIpc) is 3.84. The average molecular weight is 596 g/mol. The highest BCUT2D eigenvalue weighted by Gasteiger charge is 2.53. The van der Waals surface area contributed by atoms with Gasteiger partial charge in [-0.25, -0.2) is 15.0 Å². The zero-order valence-corrected chi connectivity index (χ0v) is 24.1. The second-order valence-corrected chi connectivity index (χ2v) is 12.4. The van der Waals surface area contributed by atoms with Crippen LogP contribution >= 0.6 is 22.7 Å². The Labute approximate surface area is 253 Å². The van der Waals surface area contributed by atoms with Crippen LogP contribution in [0.5, 0.6) is 0 Å². The number of hydrogen-bond donors (Lipinski definition) is 0. The third kappa shape index (κ3) is 3.78. The Bertz CT molecular complexity index is 2160. The van der Waals surface area contributed by atoms with Crippen molar-refractivity contribution in [1.82, 2.24) is 19.9 Å². The summed E-state index contributed by atoms with van der Waals surface area (Å²) in [5.41, 5.74) is 3.74. The molecular weight excluding hydrogens is 575 g/mol. The number of benzene rings is 4. The first-order valence-electron chi connectivity index (χ1n) is 13.8. The van der Waals surface area contributed by atoms with Gasteiger partial charge in [-0.15, -0.1) is 22.7 Å². The van der Waals surface area contributed by atoms with E-state index >= 15 is 0 Å². The third-order valence-electron chi connectivity index (χ3n) is 7.78. The molecule has 0 amide bonds. The fourth-order valence-electron chi connectivity index (χ4n) is 5.81. The van der Waals surface area contributed by atoms with E-state index in [1.165, 1.54) is 0 Å². The van der Waals surface area contributed by atoms with Crippen LogP contribution in [0.3, 0.4) is 0 Å². The second-order valence-electron chi connectivity index (χ2n) is 10.3. The molecule has 1 aliphatic rings. The van der Waals surface area contributed by atoms with Crippen LogP contribution in [0, 0.1) is 0 Å². The van der Waals surface area contributed by atoms with E-state index in [1.54, 1.807) is 22.7 Å². The number of anilines is 1. The lowest BCUT2D eigenvalue weighted by molar-refractivity contribution is 0.346. The van der Waals surface area contributed by atoms with E-state index < -0.39 is 11.5 Å². The van der Waals surface area contributed by atoms with Gasteiger partial charge in [-0.2, -0.15) is 4.98 Å². The van der Waals surface area contributed by atoms with Gasteiger partial charge < -0.3 is 8.83 Å². The molecule has 1 atom stereocenters. The van der Waals surface area contributed by atoms with Crippen LogP contribution in [0.4, 0.5) is 6.01 Å². The van der Waals surface area contributed by atoms with E-state index in [4.69, 9.17) is 28.8 Å². The van der Waals surface area contributed by atoms with Crippen LogP contribution in [0.1, 0.15) is 21.8 Å². The summed E-state index contributed by atoms with van der Waals surface area (Å²) in [5, 5.41) is 1.78. The molecule has 0 bridgehead atoms. The van der Waals surface area contributed by atoms with Gasteiger partial charge in [-0.3, -0.25) is 4.90 Å². The van der Waals surface area contributed by atoms with Gasteiger partial charge in [0.1, 0.15) is 21.0 Å². The summed E-state index contributed by atoms with van der Waals surface area (Å²) in [4.78, 5) is 22.5. The molecule has 0 saturated carbocycles. The second kappa shape index (κ2) is 9.45. The molecule has 7 nitrogen and oxygen atoms in total. The smallest absolute Gasteiger partial charge is 0.303 e. The Kier molecular flexibility index (Phi) is 5.38. The standard InChI is InChI=1S/C34H21N5O2S2/c1-5-15-25-21(11-1)37-32(40-25)34(19-9-10-20-39(34)33-38-22-12-2-6-16-26(22)41-33)29(30-35-23-13-3-7-17-27(23)42-30)31-36-24-14-4-8-18-28(24)43-31/h1-20,29H. The number of oxazole rings is 2. The lowest BCUT2D eigenvalue weighted by Gasteiger charge is -2.42. The van der Waals surface area contributed by atoms with Crippen LogP contribution in [-0.2, 0) is 5.54 Å². The van der Waals surface area contributed by atoms with Gasteiger partial charge in [0.25, 0.3) is 0 Å². The number of hydrogen-bond acceptors (Lipinski definition) is 9. The van der Waals surface area contributed by atoms with Crippen molar-refractivity contribution in [2.24, 2.45) is 0 Å². The number of aromatic nitrogens is 4. The van der Waals surface area contributed by atoms with Crippen molar-refractivity contribution in [3.63, 3.8) is 0 Å². The number of nitrogens with zero attached hydrogens (tertiary/aromatic N) is 5. The van der Waals surface area contributed by atoms with E-state index in [2.05, 4.69) is 18.2 Å². The number of thiazole rings is 2. The fraction of sp³-hybridized carbons (Fsp3) is 0.0588. The Hall–Kier alpha value is -5.12. The largest absolute Gasteiger partial charge is 0.438 e. The molecule has 4 aromatic carbocycles. The number of para-hydroxylation sites is 6. The third-order valence-corrected chi connectivity index (χ3v) is 9.98. The minimum atomic E-state index is -1.06. The molecule has 1 unspecified atom stereocenters. The molecule has 5 heterocycles. The SMILES string of the molecule is C1=CN(c2nc3ccccc3o2)C(c2nc3ccccc3o2)(C(c2nc3ccccc3s2)c2nc3ccccc3s2)C=C1. The maximum atomic E-state index is 6.66. The highest BCUT2D eigenvalue weighted by Crippen LogP contribution is 2.53. The molecule has 0 saturated heterocycles. The molecule has 206 valence electrons. The van der Waals surface area contributed by atoms with E-state index in [0.29, 0.717) is 23.1 Å². The van der Waals surface area contributed by atoms with E-state index in [1.807, 2.05) is 108 Å². The summed E-state index contributed by atoms with van der Waals surface area (Å²) in [5.74, 6) is 0.0756. The summed E-state index contributed by atoms with van der Waals surface area (Å²) in [6.07, 6.45) is 8.10. The maximum absolute atomic E-state index is 6.66. The van der Waals surface area contributed by atoms with Gasteiger partial charge in [-0.1, -0.05) is 54.6 Å². The molecule has 0 fully saturated rings. The molecule has 1 aliphatic heterocycles. The number of allylic oxidation sites excluding steroid dienone is 2. The highest BCUT2D eigenvalue weighted by atomic mass is 32.1. The van der Waals surface area contributed by atoms with Crippen molar-refractivity contribution in [1.29, 1.82) is 0 Å². The van der Waals surface area contributed by atoms with Gasteiger partial charge in [0.15, 0.2) is 16.7 Å². The van der Waals surface area contributed by atoms with Gasteiger partial charge in [0.2, 0.25) is 5.89 Å². The first-order valence-corrected chi connectivity index (χ1v) is 15.5. The topological polar surface area (TPSA) is 81.1 Å². The molecule has 0 aliphatic carbocycles. The molecular formula is C34H21N5O2S2.